The summed E-state index contributed by atoms with van der Waals surface area (Å²) in [7, 11) is 0. The lowest BCUT2D eigenvalue weighted by Crippen LogP contribution is -2.17. The van der Waals surface area contributed by atoms with Gasteiger partial charge in [-0.2, -0.15) is 5.10 Å². The van der Waals surface area contributed by atoms with E-state index in [1.807, 2.05) is 19.9 Å². The number of anilines is 3. The van der Waals surface area contributed by atoms with Crippen molar-refractivity contribution in [3.63, 3.8) is 0 Å². The van der Waals surface area contributed by atoms with Gasteiger partial charge in [-0.3, -0.25) is 0 Å². The molecule has 0 aliphatic rings. The van der Waals surface area contributed by atoms with E-state index >= 15 is 0 Å². The first-order chi connectivity index (χ1) is 12.2. The maximum Gasteiger partial charge on any atom is 0.573 e. The molecule has 26 heavy (non-hydrogen) atoms. The number of hydrogen-bond acceptors (Lipinski definition) is 6. The van der Waals surface area contributed by atoms with Crippen LogP contribution in [-0.4, -0.2) is 26.1 Å². The fourth-order valence-electron chi connectivity index (χ4n) is 2.37. The molecule has 0 unspecified atom stereocenters. The van der Waals surface area contributed by atoms with Gasteiger partial charge in [-0.1, -0.05) is 0 Å². The molecule has 1 aromatic carbocycles. The number of rotatable bonds is 4. The van der Waals surface area contributed by atoms with Crippen molar-refractivity contribution in [3.05, 3.63) is 48.0 Å². The van der Waals surface area contributed by atoms with Crippen molar-refractivity contribution in [1.82, 2.24) is 19.7 Å². The normalized spacial score (nSPS) is 11.4. The second kappa shape index (κ2) is 6.54. The molecule has 7 nitrogen and oxygen atoms in total. The molecule has 3 rings (SSSR count). The average molecular weight is 364 g/mol. The monoisotopic (exact) mass is 364 g/mol. The lowest BCUT2D eigenvalue weighted by Gasteiger charge is -2.13. The van der Waals surface area contributed by atoms with Crippen molar-refractivity contribution in [2.45, 2.75) is 20.2 Å². The summed E-state index contributed by atoms with van der Waals surface area (Å²) >= 11 is 0. The number of nitrogens with zero attached hydrogens (tertiary/aromatic N) is 4. The molecule has 0 fully saturated rings. The maximum atomic E-state index is 12.2. The molecule has 3 N–H and O–H groups in total. The van der Waals surface area contributed by atoms with E-state index in [4.69, 9.17) is 5.73 Å². The Morgan fingerprint density at radius 2 is 1.81 bits per heavy atom. The van der Waals surface area contributed by atoms with Gasteiger partial charge in [0.15, 0.2) is 11.6 Å². The van der Waals surface area contributed by atoms with Crippen LogP contribution in [0.15, 0.2) is 36.7 Å². The summed E-state index contributed by atoms with van der Waals surface area (Å²) in [4.78, 5) is 8.24. The quantitative estimate of drug-likeness (QED) is 0.736. The predicted molar refractivity (Wildman–Crippen MR) is 89.4 cm³/mol. The first-order valence-electron chi connectivity index (χ1n) is 7.50. The van der Waals surface area contributed by atoms with Crippen molar-refractivity contribution in [2.24, 2.45) is 0 Å². The third kappa shape index (κ3) is 3.85. The molecule has 10 heteroatoms. The standard InChI is InChI=1S/C16H15F3N6O/c1-9-7-10(2)25(24-9)15-13(20)14(21-8-22-15)23-11-3-5-12(6-4-11)26-16(17,18)19/h3-8H,20H2,1-2H3,(H,21,22,23). The first-order valence-corrected chi connectivity index (χ1v) is 7.50. The molecule has 2 aromatic heterocycles. The van der Waals surface area contributed by atoms with E-state index in [1.54, 1.807) is 4.68 Å². The van der Waals surface area contributed by atoms with Crippen LogP contribution >= 0.6 is 0 Å². The van der Waals surface area contributed by atoms with Crippen molar-refractivity contribution < 1.29 is 17.9 Å². The van der Waals surface area contributed by atoms with Crippen LogP contribution in [0.25, 0.3) is 5.82 Å². The van der Waals surface area contributed by atoms with Crippen LogP contribution < -0.4 is 15.8 Å². The summed E-state index contributed by atoms with van der Waals surface area (Å²) in [6, 6.07) is 7.11. The highest BCUT2D eigenvalue weighted by molar-refractivity contribution is 5.74. The van der Waals surface area contributed by atoms with Gasteiger partial charge in [0.05, 0.1) is 5.69 Å². The molecule has 3 aromatic rings. The topological polar surface area (TPSA) is 90.9 Å². The van der Waals surface area contributed by atoms with Gasteiger partial charge in [-0.05, 0) is 44.2 Å². The number of aromatic nitrogens is 4. The van der Waals surface area contributed by atoms with Gasteiger partial charge in [0, 0.05) is 11.4 Å². The maximum absolute atomic E-state index is 12.2. The third-order valence-corrected chi connectivity index (χ3v) is 3.42. The highest BCUT2D eigenvalue weighted by Gasteiger charge is 2.30. The van der Waals surface area contributed by atoms with Crippen LogP contribution in [0, 0.1) is 13.8 Å². The SMILES string of the molecule is Cc1cc(C)n(-c2ncnc(Nc3ccc(OC(F)(F)F)cc3)c2N)n1. The lowest BCUT2D eigenvalue weighted by atomic mass is 10.3. The van der Waals surface area contributed by atoms with Gasteiger partial charge in [0.1, 0.15) is 17.8 Å². The lowest BCUT2D eigenvalue weighted by molar-refractivity contribution is -0.274. The van der Waals surface area contributed by atoms with Gasteiger partial charge in [0.2, 0.25) is 0 Å². The molecule has 0 bridgehead atoms. The summed E-state index contributed by atoms with van der Waals surface area (Å²) in [5.41, 5.74) is 8.55. The minimum atomic E-state index is -4.74. The minimum absolute atomic E-state index is 0.259. The third-order valence-electron chi connectivity index (χ3n) is 3.42. The van der Waals surface area contributed by atoms with E-state index in [0.29, 0.717) is 17.3 Å². The Balaban J connectivity index is 1.85. The molecule has 0 aliphatic heterocycles. The van der Waals surface area contributed by atoms with Gasteiger partial charge >= 0.3 is 6.36 Å². The number of halogens is 3. The zero-order chi connectivity index (χ0) is 18.9. The molecular weight excluding hydrogens is 349 g/mol. The molecular formula is C16H15F3N6O. The van der Waals surface area contributed by atoms with E-state index in [9.17, 15) is 13.2 Å². The van der Waals surface area contributed by atoms with Crippen molar-refractivity contribution in [2.75, 3.05) is 11.1 Å². The fourth-order valence-corrected chi connectivity index (χ4v) is 2.37. The number of alkyl halides is 3. The van der Waals surface area contributed by atoms with E-state index in [0.717, 1.165) is 11.4 Å². The van der Waals surface area contributed by atoms with Crippen molar-refractivity contribution in [1.29, 1.82) is 0 Å². The zero-order valence-electron chi connectivity index (χ0n) is 13.9. The van der Waals surface area contributed by atoms with E-state index in [2.05, 4.69) is 25.1 Å². The largest absolute Gasteiger partial charge is 0.573 e. The molecule has 0 saturated carbocycles. The van der Waals surface area contributed by atoms with Crippen LogP contribution in [0.5, 0.6) is 5.75 Å². The second-order valence-corrected chi connectivity index (χ2v) is 5.50. The number of nitrogens with two attached hydrogens (primary N) is 1. The number of hydrogen-bond donors (Lipinski definition) is 2. The Labute approximate surface area is 146 Å². The number of benzene rings is 1. The molecule has 0 amide bonds. The number of aryl methyl sites for hydroxylation is 2. The van der Waals surface area contributed by atoms with Gasteiger partial charge < -0.3 is 15.8 Å². The summed E-state index contributed by atoms with van der Waals surface area (Å²) in [5, 5.41) is 7.28. The van der Waals surface area contributed by atoms with Crippen molar-refractivity contribution in [3.8, 4) is 11.6 Å². The first kappa shape index (κ1) is 17.5. The summed E-state index contributed by atoms with van der Waals surface area (Å²) in [6.07, 6.45) is -3.41. The Bertz CT molecular complexity index is 921. The number of ether oxygens (including phenoxy) is 1. The molecule has 2 heterocycles. The van der Waals surface area contributed by atoms with E-state index < -0.39 is 6.36 Å². The average Bonchev–Trinajstić information content (AvgIpc) is 2.88. The van der Waals surface area contributed by atoms with Crippen molar-refractivity contribution >= 4 is 17.2 Å². The van der Waals surface area contributed by atoms with Crippen LogP contribution in [-0.2, 0) is 0 Å². The van der Waals surface area contributed by atoms with E-state index in [1.165, 1.54) is 30.6 Å². The molecule has 136 valence electrons. The van der Waals surface area contributed by atoms with Crippen LogP contribution in [0.3, 0.4) is 0 Å². The van der Waals surface area contributed by atoms with E-state index in [-0.39, 0.29) is 11.4 Å². The molecule has 0 aliphatic carbocycles. The summed E-state index contributed by atoms with van der Waals surface area (Å²) in [6.45, 7) is 3.72. The van der Waals surface area contributed by atoms with Crippen LogP contribution in [0.2, 0.25) is 0 Å². The van der Waals surface area contributed by atoms with Crippen LogP contribution in [0.1, 0.15) is 11.4 Å². The molecule has 0 atom stereocenters. The Morgan fingerprint density at radius 3 is 2.38 bits per heavy atom. The number of nitrogens with one attached hydrogen (secondary N) is 1. The highest BCUT2D eigenvalue weighted by Crippen LogP contribution is 2.28. The van der Waals surface area contributed by atoms with Gasteiger partial charge in [0.25, 0.3) is 0 Å². The van der Waals surface area contributed by atoms with Gasteiger partial charge in [-0.15, -0.1) is 13.2 Å². The smallest absolute Gasteiger partial charge is 0.406 e. The Kier molecular flexibility index (Phi) is 4.41. The fraction of sp³-hybridized carbons (Fsp3) is 0.188. The zero-order valence-corrected chi connectivity index (χ0v) is 13.9. The second-order valence-electron chi connectivity index (χ2n) is 5.50. The Morgan fingerprint density at radius 1 is 1.12 bits per heavy atom. The number of nitrogen functional groups attached to an aromatic ring is 1. The summed E-state index contributed by atoms with van der Waals surface area (Å²) < 4.78 is 42.0. The molecule has 0 saturated heterocycles. The highest BCUT2D eigenvalue weighted by atomic mass is 19.4. The Hall–Kier alpha value is -3.30. The minimum Gasteiger partial charge on any atom is -0.406 e. The molecule has 0 spiro atoms. The van der Waals surface area contributed by atoms with Crippen LogP contribution in [0.4, 0.5) is 30.4 Å². The predicted octanol–water partition coefficient (Wildman–Crippen LogP) is 3.50. The van der Waals surface area contributed by atoms with Gasteiger partial charge in [-0.25, -0.2) is 14.6 Å². The summed E-state index contributed by atoms with van der Waals surface area (Å²) in [5.74, 6) is 0.402. The molecule has 0 radical (unpaired) electrons.